The Morgan fingerprint density at radius 2 is 2.20 bits per heavy atom. The molecule has 0 saturated carbocycles. The highest BCUT2D eigenvalue weighted by Gasteiger charge is 2.16. The maximum atomic E-state index is 12.0. The third-order valence-electron chi connectivity index (χ3n) is 1.98. The lowest BCUT2D eigenvalue weighted by Crippen LogP contribution is -2.13. The smallest absolute Gasteiger partial charge is 0.328 e. The number of rotatable bonds is 5. The van der Waals surface area contributed by atoms with Gasteiger partial charge < -0.3 is 5.11 Å². The van der Waals surface area contributed by atoms with Crippen LogP contribution in [0.15, 0.2) is 29.4 Å². The van der Waals surface area contributed by atoms with Gasteiger partial charge in [-0.05, 0) is 22.9 Å². The first-order valence-corrected chi connectivity index (χ1v) is 7.27. The van der Waals surface area contributed by atoms with Crippen LogP contribution in [0.4, 0.5) is 5.13 Å². The number of carbonyl (C=O) groups is 1. The second-order valence-corrected chi connectivity index (χ2v) is 5.81. The molecule has 9 nitrogen and oxygen atoms in total. The molecule has 0 aliphatic heterocycles. The summed E-state index contributed by atoms with van der Waals surface area (Å²) in [6.45, 7) is 0. The van der Waals surface area contributed by atoms with Gasteiger partial charge in [-0.15, -0.1) is 0 Å². The first-order valence-electron chi connectivity index (χ1n) is 5.01. The third-order valence-corrected chi connectivity index (χ3v) is 3.93. The van der Waals surface area contributed by atoms with Crippen molar-refractivity contribution in [1.29, 1.82) is 0 Å². The summed E-state index contributed by atoms with van der Waals surface area (Å²) in [5.41, 5.74) is 0.339. The van der Waals surface area contributed by atoms with Crippen molar-refractivity contribution >= 4 is 38.7 Å². The molecule has 0 unspecified atom stereocenters. The molecule has 0 aliphatic carbocycles. The van der Waals surface area contributed by atoms with Crippen molar-refractivity contribution in [3.63, 3.8) is 0 Å². The van der Waals surface area contributed by atoms with Gasteiger partial charge in [-0.1, -0.05) is 9.59 Å². The molecule has 11 heteroatoms. The highest BCUT2D eigenvalue weighted by Crippen LogP contribution is 2.16. The molecule has 0 radical (unpaired) electrons. The van der Waals surface area contributed by atoms with E-state index in [1.54, 1.807) is 0 Å². The Kier molecular flexibility index (Phi) is 4.00. The second kappa shape index (κ2) is 5.71. The monoisotopic (exact) mass is 313 g/mol. The van der Waals surface area contributed by atoms with Crippen LogP contribution in [-0.2, 0) is 14.8 Å². The molecule has 0 aromatic carbocycles. The van der Waals surface area contributed by atoms with Crippen molar-refractivity contribution in [3.8, 4) is 0 Å². The average molecular weight is 313 g/mol. The van der Waals surface area contributed by atoms with E-state index >= 15 is 0 Å². The average Bonchev–Trinajstić information content (AvgIpc) is 2.89. The normalized spacial score (nSPS) is 11.6. The standard InChI is InChI=1S/C9H7N5O4S2/c15-8(16)2-1-6-3-7(5-10-4-6)20(17,18)12-9-11-13-14-19-9/h1-5H,(H,15,16)(H,11,12,14)/b2-1+. The summed E-state index contributed by atoms with van der Waals surface area (Å²) in [4.78, 5) is 14.0. The SMILES string of the molecule is O=C(O)/C=C/c1cncc(S(=O)(=O)Nc2nnns2)c1. The van der Waals surface area contributed by atoms with E-state index in [9.17, 15) is 13.2 Å². The van der Waals surface area contributed by atoms with Crippen LogP contribution in [-0.4, -0.2) is 39.3 Å². The number of sulfonamides is 1. The fourth-order valence-electron chi connectivity index (χ4n) is 1.19. The largest absolute Gasteiger partial charge is 0.478 e. The molecule has 0 bridgehead atoms. The number of hydrogen-bond acceptors (Lipinski definition) is 8. The molecule has 0 saturated heterocycles. The summed E-state index contributed by atoms with van der Waals surface area (Å²) in [5, 5.41) is 15.3. The number of nitrogens with zero attached hydrogens (tertiary/aromatic N) is 4. The first-order chi connectivity index (χ1) is 9.47. The number of pyridine rings is 1. The lowest BCUT2D eigenvalue weighted by atomic mass is 10.2. The first kappa shape index (κ1) is 14.0. The summed E-state index contributed by atoms with van der Waals surface area (Å²) in [6.07, 6.45) is 4.59. The minimum absolute atomic E-state index is 0.0245. The highest BCUT2D eigenvalue weighted by atomic mass is 32.2. The van der Waals surface area contributed by atoms with Crippen molar-refractivity contribution in [2.45, 2.75) is 4.90 Å². The van der Waals surface area contributed by atoms with Gasteiger partial charge in [0.2, 0.25) is 5.13 Å². The Hall–Kier alpha value is -2.40. The van der Waals surface area contributed by atoms with E-state index < -0.39 is 16.0 Å². The molecule has 0 fully saturated rings. The molecular weight excluding hydrogens is 306 g/mol. The van der Waals surface area contributed by atoms with Crippen molar-refractivity contribution in [1.82, 2.24) is 19.8 Å². The van der Waals surface area contributed by atoms with Gasteiger partial charge in [0.25, 0.3) is 10.0 Å². The van der Waals surface area contributed by atoms with Gasteiger partial charge in [0, 0.05) is 30.0 Å². The Labute approximate surface area is 117 Å². The molecule has 2 rings (SSSR count). The van der Waals surface area contributed by atoms with Crippen LogP contribution in [0.25, 0.3) is 6.08 Å². The van der Waals surface area contributed by atoms with Crippen LogP contribution in [0.1, 0.15) is 5.56 Å². The maximum absolute atomic E-state index is 12.0. The van der Waals surface area contributed by atoms with Crippen LogP contribution in [0.5, 0.6) is 0 Å². The van der Waals surface area contributed by atoms with Crippen molar-refractivity contribution in [3.05, 3.63) is 30.1 Å². The number of nitrogens with one attached hydrogen (secondary N) is 1. The van der Waals surface area contributed by atoms with Gasteiger partial charge in [-0.25, -0.2) is 13.2 Å². The summed E-state index contributed by atoms with van der Waals surface area (Å²) >= 11 is 0.788. The van der Waals surface area contributed by atoms with Crippen LogP contribution >= 0.6 is 11.5 Å². The number of carboxylic acid groups (broad SMARTS) is 1. The maximum Gasteiger partial charge on any atom is 0.328 e. The molecule has 104 valence electrons. The molecule has 20 heavy (non-hydrogen) atoms. The predicted molar refractivity (Wildman–Crippen MR) is 69.4 cm³/mol. The Balaban J connectivity index is 2.28. The summed E-state index contributed by atoms with van der Waals surface area (Å²) in [6, 6.07) is 1.28. The molecular formula is C9H7N5O4S2. The van der Waals surface area contributed by atoms with E-state index in [0.717, 1.165) is 23.8 Å². The highest BCUT2D eigenvalue weighted by molar-refractivity contribution is 7.93. The fourth-order valence-corrected chi connectivity index (χ4v) is 2.77. The van der Waals surface area contributed by atoms with Crippen molar-refractivity contribution < 1.29 is 18.3 Å². The lowest BCUT2D eigenvalue weighted by Gasteiger charge is -2.04. The van der Waals surface area contributed by atoms with Gasteiger partial charge in [-0.2, -0.15) is 0 Å². The van der Waals surface area contributed by atoms with Crippen LogP contribution in [0, 0.1) is 0 Å². The number of aromatic nitrogens is 4. The van der Waals surface area contributed by atoms with E-state index in [-0.39, 0.29) is 10.0 Å². The summed E-state index contributed by atoms with van der Waals surface area (Å²) in [5.74, 6) is -1.14. The number of hydrogen-bond donors (Lipinski definition) is 2. The van der Waals surface area contributed by atoms with Crippen LogP contribution in [0.2, 0.25) is 0 Å². The van der Waals surface area contributed by atoms with Gasteiger partial charge in [-0.3, -0.25) is 9.71 Å². The zero-order chi connectivity index (χ0) is 14.6. The molecule has 2 aromatic rings. The molecule has 2 aromatic heterocycles. The number of carboxylic acids is 1. The van der Waals surface area contributed by atoms with Crippen molar-refractivity contribution in [2.24, 2.45) is 0 Å². The minimum atomic E-state index is -3.87. The molecule has 2 N–H and O–H groups in total. The zero-order valence-electron chi connectivity index (χ0n) is 9.66. The Morgan fingerprint density at radius 1 is 1.40 bits per heavy atom. The van der Waals surface area contributed by atoms with Gasteiger partial charge >= 0.3 is 5.97 Å². The number of anilines is 1. The Bertz CT molecular complexity index is 741. The molecule has 0 amide bonds. The van der Waals surface area contributed by atoms with E-state index in [4.69, 9.17) is 5.11 Å². The van der Waals surface area contributed by atoms with Gasteiger partial charge in [0.05, 0.1) is 0 Å². The predicted octanol–water partition coefficient (Wildman–Crippen LogP) is 0.227. The topological polar surface area (TPSA) is 135 Å². The fraction of sp³-hybridized carbons (Fsp3) is 0. The summed E-state index contributed by atoms with van der Waals surface area (Å²) < 4.78 is 29.6. The second-order valence-electron chi connectivity index (χ2n) is 3.40. The van der Waals surface area contributed by atoms with Crippen molar-refractivity contribution in [2.75, 3.05) is 4.72 Å². The molecule has 0 atom stereocenters. The van der Waals surface area contributed by atoms with Gasteiger partial charge in [0.15, 0.2) is 0 Å². The molecule has 0 spiro atoms. The van der Waals surface area contributed by atoms with E-state index in [0.29, 0.717) is 5.56 Å². The van der Waals surface area contributed by atoms with E-state index in [2.05, 4.69) is 24.5 Å². The third kappa shape index (κ3) is 3.55. The zero-order valence-corrected chi connectivity index (χ0v) is 11.3. The van der Waals surface area contributed by atoms with E-state index in [1.165, 1.54) is 18.3 Å². The Morgan fingerprint density at radius 3 is 2.85 bits per heavy atom. The van der Waals surface area contributed by atoms with Gasteiger partial charge in [0.1, 0.15) is 4.90 Å². The summed E-state index contributed by atoms with van der Waals surface area (Å²) in [7, 11) is -3.87. The van der Waals surface area contributed by atoms with Crippen LogP contribution in [0.3, 0.4) is 0 Å². The van der Waals surface area contributed by atoms with Crippen LogP contribution < -0.4 is 4.72 Å². The minimum Gasteiger partial charge on any atom is -0.478 e. The molecule has 0 aliphatic rings. The number of aliphatic carboxylic acids is 1. The quantitative estimate of drug-likeness (QED) is 0.749. The van der Waals surface area contributed by atoms with E-state index in [1.807, 2.05) is 0 Å². The lowest BCUT2D eigenvalue weighted by molar-refractivity contribution is -0.131. The molecule has 2 heterocycles.